The highest BCUT2D eigenvalue weighted by molar-refractivity contribution is 6.30. The molecule has 0 spiro atoms. The van der Waals surface area contributed by atoms with Crippen LogP contribution in [0.5, 0.6) is 0 Å². The van der Waals surface area contributed by atoms with E-state index in [4.69, 9.17) is 11.6 Å². The molecule has 0 aliphatic carbocycles. The summed E-state index contributed by atoms with van der Waals surface area (Å²) >= 11 is 5.90. The van der Waals surface area contributed by atoms with Crippen LogP contribution in [0.25, 0.3) is 0 Å². The molecule has 2 rings (SSSR count). The van der Waals surface area contributed by atoms with Gasteiger partial charge in [-0.2, -0.15) is 0 Å². The molecule has 1 aromatic rings. The number of aryl methyl sites for hydroxylation is 1. The number of halogens is 1. The molecule has 1 unspecified atom stereocenters. The highest BCUT2D eigenvalue weighted by Crippen LogP contribution is 2.32. The molecular weight excluding hydrogens is 230 g/mol. The number of benzene rings is 1. The van der Waals surface area contributed by atoms with Gasteiger partial charge in [-0.15, -0.1) is 0 Å². The maximum atomic E-state index is 5.90. The summed E-state index contributed by atoms with van der Waals surface area (Å²) in [5.74, 6) is 0.706. The van der Waals surface area contributed by atoms with Crippen molar-refractivity contribution >= 4 is 11.6 Å². The minimum absolute atomic E-state index is 0.361. The van der Waals surface area contributed by atoms with E-state index in [-0.39, 0.29) is 0 Å². The van der Waals surface area contributed by atoms with E-state index in [2.05, 4.69) is 31.3 Å². The number of hydrogen-bond donors (Lipinski definition) is 1. The van der Waals surface area contributed by atoms with E-state index in [1.807, 2.05) is 12.1 Å². The molecule has 1 aliphatic rings. The van der Waals surface area contributed by atoms with Gasteiger partial charge in [0, 0.05) is 10.6 Å². The van der Waals surface area contributed by atoms with Crippen molar-refractivity contribution < 1.29 is 0 Å². The number of rotatable bonds is 4. The Labute approximate surface area is 110 Å². The molecule has 1 atom stereocenters. The summed E-state index contributed by atoms with van der Waals surface area (Å²) in [7, 11) is 0. The molecule has 0 bridgehead atoms. The smallest absolute Gasteiger partial charge is 0.0406 e. The molecule has 0 aromatic heterocycles. The fourth-order valence-corrected chi connectivity index (χ4v) is 2.97. The lowest BCUT2D eigenvalue weighted by Gasteiger charge is -2.34. The third-order valence-electron chi connectivity index (χ3n) is 4.15. The van der Waals surface area contributed by atoms with Crippen molar-refractivity contribution in [3.05, 3.63) is 34.9 Å². The Balaban J connectivity index is 1.98. The number of nitrogens with one attached hydrogen (secondary N) is 1. The maximum Gasteiger partial charge on any atom is 0.0406 e. The third-order valence-corrected chi connectivity index (χ3v) is 4.41. The molecule has 0 amide bonds. The Hall–Kier alpha value is -0.530. The molecule has 17 heavy (non-hydrogen) atoms. The summed E-state index contributed by atoms with van der Waals surface area (Å²) in [6.45, 7) is 5.85. The van der Waals surface area contributed by atoms with Gasteiger partial charge in [0.1, 0.15) is 0 Å². The molecule has 1 aliphatic heterocycles. The van der Waals surface area contributed by atoms with Crippen molar-refractivity contribution in [1.29, 1.82) is 0 Å². The Morgan fingerprint density at radius 1 is 1.29 bits per heavy atom. The van der Waals surface area contributed by atoms with Crippen molar-refractivity contribution in [1.82, 2.24) is 5.32 Å². The number of hydrogen-bond acceptors (Lipinski definition) is 1. The normalized spacial score (nSPS) is 24.5. The van der Waals surface area contributed by atoms with E-state index in [0.717, 1.165) is 11.4 Å². The standard InChI is InChI=1S/C15H22ClN/c1-12(2)15(9-3-11-17-15)10-8-13-4-6-14(16)7-5-13/h4-7,12,17H,3,8-11H2,1-2H3. The van der Waals surface area contributed by atoms with Crippen LogP contribution in [0.4, 0.5) is 0 Å². The lowest BCUT2D eigenvalue weighted by atomic mass is 9.80. The maximum absolute atomic E-state index is 5.90. The van der Waals surface area contributed by atoms with Crippen LogP contribution in [-0.4, -0.2) is 12.1 Å². The molecule has 1 fully saturated rings. The van der Waals surface area contributed by atoms with Gasteiger partial charge in [0.15, 0.2) is 0 Å². The molecule has 1 heterocycles. The Kier molecular flexibility index (Phi) is 4.11. The van der Waals surface area contributed by atoms with Crippen molar-refractivity contribution in [2.75, 3.05) is 6.54 Å². The minimum Gasteiger partial charge on any atom is -0.311 e. The molecule has 0 radical (unpaired) electrons. The first kappa shape index (κ1) is 12.9. The van der Waals surface area contributed by atoms with E-state index >= 15 is 0 Å². The van der Waals surface area contributed by atoms with E-state index in [9.17, 15) is 0 Å². The van der Waals surface area contributed by atoms with Crippen molar-refractivity contribution in [2.45, 2.75) is 45.1 Å². The van der Waals surface area contributed by atoms with Gasteiger partial charge in [0.25, 0.3) is 0 Å². The summed E-state index contributed by atoms with van der Waals surface area (Å²) in [5.41, 5.74) is 1.75. The summed E-state index contributed by atoms with van der Waals surface area (Å²) < 4.78 is 0. The zero-order chi connectivity index (χ0) is 12.3. The van der Waals surface area contributed by atoms with Crippen LogP contribution in [0.1, 0.15) is 38.7 Å². The van der Waals surface area contributed by atoms with Crippen LogP contribution >= 0.6 is 11.6 Å². The van der Waals surface area contributed by atoms with Crippen molar-refractivity contribution in [3.63, 3.8) is 0 Å². The van der Waals surface area contributed by atoms with Gasteiger partial charge >= 0.3 is 0 Å². The van der Waals surface area contributed by atoms with Gasteiger partial charge in [-0.3, -0.25) is 0 Å². The summed E-state index contributed by atoms with van der Waals surface area (Å²) in [6, 6.07) is 8.26. The summed E-state index contributed by atoms with van der Waals surface area (Å²) in [4.78, 5) is 0. The Bertz CT molecular complexity index is 350. The zero-order valence-electron chi connectivity index (χ0n) is 10.8. The summed E-state index contributed by atoms with van der Waals surface area (Å²) in [6.07, 6.45) is 5.01. The van der Waals surface area contributed by atoms with Crippen LogP contribution < -0.4 is 5.32 Å². The Morgan fingerprint density at radius 2 is 2.00 bits per heavy atom. The third kappa shape index (κ3) is 3.02. The van der Waals surface area contributed by atoms with Crippen LogP contribution in [0.2, 0.25) is 5.02 Å². The predicted octanol–water partition coefficient (Wildman–Crippen LogP) is 4.05. The largest absolute Gasteiger partial charge is 0.311 e. The van der Waals surface area contributed by atoms with Crippen LogP contribution in [0.3, 0.4) is 0 Å². The highest BCUT2D eigenvalue weighted by Gasteiger charge is 2.35. The molecule has 0 saturated carbocycles. The fraction of sp³-hybridized carbons (Fsp3) is 0.600. The van der Waals surface area contributed by atoms with Crippen molar-refractivity contribution in [2.24, 2.45) is 5.92 Å². The first-order valence-electron chi connectivity index (χ1n) is 6.62. The van der Waals surface area contributed by atoms with E-state index in [0.29, 0.717) is 11.5 Å². The molecule has 1 aromatic carbocycles. The van der Waals surface area contributed by atoms with E-state index in [1.54, 1.807) is 0 Å². The van der Waals surface area contributed by atoms with E-state index in [1.165, 1.54) is 31.4 Å². The molecular formula is C15H22ClN. The first-order chi connectivity index (χ1) is 8.12. The van der Waals surface area contributed by atoms with Gasteiger partial charge in [0.05, 0.1) is 0 Å². The van der Waals surface area contributed by atoms with Gasteiger partial charge in [-0.25, -0.2) is 0 Å². The fourth-order valence-electron chi connectivity index (χ4n) is 2.84. The van der Waals surface area contributed by atoms with Crippen LogP contribution in [-0.2, 0) is 6.42 Å². The monoisotopic (exact) mass is 251 g/mol. The topological polar surface area (TPSA) is 12.0 Å². The lowest BCUT2D eigenvalue weighted by molar-refractivity contribution is 0.252. The molecule has 2 heteroatoms. The highest BCUT2D eigenvalue weighted by atomic mass is 35.5. The second-order valence-electron chi connectivity index (χ2n) is 5.47. The summed E-state index contributed by atoms with van der Waals surface area (Å²) in [5, 5.41) is 4.55. The minimum atomic E-state index is 0.361. The van der Waals surface area contributed by atoms with Gasteiger partial charge in [-0.05, 0) is 55.8 Å². The second kappa shape index (κ2) is 5.41. The quantitative estimate of drug-likeness (QED) is 0.851. The van der Waals surface area contributed by atoms with Gasteiger partial charge < -0.3 is 5.32 Å². The average Bonchev–Trinajstić information content (AvgIpc) is 2.78. The van der Waals surface area contributed by atoms with Crippen LogP contribution in [0, 0.1) is 5.92 Å². The predicted molar refractivity (Wildman–Crippen MR) is 74.6 cm³/mol. The second-order valence-corrected chi connectivity index (χ2v) is 5.90. The Morgan fingerprint density at radius 3 is 2.53 bits per heavy atom. The molecule has 1 saturated heterocycles. The zero-order valence-corrected chi connectivity index (χ0v) is 11.6. The molecule has 94 valence electrons. The van der Waals surface area contributed by atoms with Crippen LogP contribution in [0.15, 0.2) is 24.3 Å². The van der Waals surface area contributed by atoms with Crippen molar-refractivity contribution in [3.8, 4) is 0 Å². The van der Waals surface area contributed by atoms with Gasteiger partial charge in [-0.1, -0.05) is 37.6 Å². The first-order valence-corrected chi connectivity index (χ1v) is 7.00. The lowest BCUT2D eigenvalue weighted by Crippen LogP contribution is -2.45. The molecule has 1 N–H and O–H groups in total. The SMILES string of the molecule is CC(C)C1(CCc2ccc(Cl)cc2)CCCN1. The van der Waals surface area contributed by atoms with Gasteiger partial charge in [0.2, 0.25) is 0 Å². The molecule has 1 nitrogen and oxygen atoms in total. The average molecular weight is 252 g/mol. The van der Waals surface area contributed by atoms with E-state index < -0.39 is 0 Å².